The molecule has 1 unspecified atom stereocenters. The van der Waals surface area contributed by atoms with Gasteiger partial charge in [0.15, 0.2) is 17.1 Å². The zero-order chi connectivity index (χ0) is 31.0. The van der Waals surface area contributed by atoms with Crippen molar-refractivity contribution in [3.05, 3.63) is 84.3 Å². The molecule has 2 aromatic carbocycles. The van der Waals surface area contributed by atoms with E-state index in [-0.39, 0.29) is 5.95 Å². The summed E-state index contributed by atoms with van der Waals surface area (Å²) in [6.07, 6.45) is 3.41. The number of anilines is 2. The zero-order valence-electron chi connectivity index (χ0n) is 25.8. The fourth-order valence-corrected chi connectivity index (χ4v) is 6.32. The Hall–Kier alpha value is -4.94. The van der Waals surface area contributed by atoms with Gasteiger partial charge in [-0.25, -0.2) is 9.67 Å². The SMILES string of the molecule is COCCOc1ccc(N2CCN(CC(C)(c3ccccc3C)n3ncc4c3nc(N)n3nc(-c5ccco5)nc43)CC2)cc1. The lowest BCUT2D eigenvalue weighted by atomic mass is 9.87. The first-order valence-corrected chi connectivity index (χ1v) is 15.1. The first-order valence-electron chi connectivity index (χ1n) is 15.1. The number of furan rings is 1. The molecule has 4 aromatic heterocycles. The summed E-state index contributed by atoms with van der Waals surface area (Å²) in [5, 5.41) is 10.3. The molecular weight excluding hydrogens is 570 g/mol. The number of aryl methyl sites for hydroxylation is 1. The van der Waals surface area contributed by atoms with Gasteiger partial charge in [-0.15, -0.1) is 5.10 Å². The average Bonchev–Trinajstić information content (AvgIpc) is 3.83. The van der Waals surface area contributed by atoms with E-state index in [2.05, 4.69) is 65.1 Å². The summed E-state index contributed by atoms with van der Waals surface area (Å²) in [5.41, 5.74) is 10.7. The van der Waals surface area contributed by atoms with E-state index in [1.54, 1.807) is 24.0 Å². The van der Waals surface area contributed by atoms with Crippen molar-refractivity contribution in [1.29, 1.82) is 0 Å². The molecule has 1 saturated heterocycles. The molecule has 2 N–H and O–H groups in total. The van der Waals surface area contributed by atoms with Crippen LogP contribution in [0.1, 0.15) is 18.1 Å². The van der Waals surface area contributed by atoms with Crippen molar-refractivity contribution in [3.63, 3.8) is 0 Å². The lowest BCUT2D eigenvalue weighted by molar-refractivity contribution is 0.146. The summed E-state index contributed by atoms with van der Waals surface area (Å²) in [4.78, 5) is 14.5. The average molecular weight is 608 g/mol. The van der Waals surface area contributed by atoms with Gasteiger partial charge < -0.3 is 24.5 Å². The van der Waals surface area contributed by atoms with Crippen LogP contribution < -0.4 is 15.4 Å². The maximum absolute atomic E-state index is 6.47. The minimum Gasteiger partial charge on any atom is -0.491 e. The summed E-state index contributed by atoms with van der Waals surface area (Å²) < 4.78 is 19.9. The number of nitrogen functional groups attached to an aromatic ring is 1. The molecule has 1 aliphatic heterocycles. The van der Waals surface area contributed by atoms with Crippen molar-refractivity contribution in [3.8, 4) is 17.3 Å². The highest BCUT2D eigenvalue weighted by molar-refractivity contribution is 5.90. The second-order valence-electron chi connectivity index (χ2n) is 11.6. The van der Waals surface area contributed by atoms with Crippen LogP contribution in [0.4, 0.5) is 11.6 Å². The standard InChI is InChI=1S/C33H37N9O3/c1-23-7-4-5-8-27(23)33(2,22-39-14-16-40(17-15-39)24-10-12-25(13-11-24)44-20-19-43-3)42-31-26(21-35-42)30-36-29(28-9-6-18-45-28)38-41(30)32(34)37-31/h4-13,18,21H,14-17,19-20,22H2,1-3H3,(H2,34,37). The van der Waals surface area contributed by atoms with Crippen LogP contribution in [0.2, 0.25) is 0 Å². The van der Waals surface area contributed by atoms with Gasteiger partial charge in [0.25, 0.3) is 0 Å². The Balaban J connectivity index is 1.18. The number of nitrogens with two attached hydrogens (primary N) is 1. The predicted molar refractivity (Wildman–Crippen MR) is 173 cm³/mol. The van der Waals surface area contributed by atoms with Gasteiger partial charge in [0.2, 0.25) is 11.8 Å². The molecule has 1 atom stereocenters. The molecule has 7 rings (SSSR count). The molecule has 6 aromatic rings. The molecule has 0 spiro atoms. The molecule has 0 amide bonds. The molecule has 1 fully saturated rings. The fourth-order valence-electron chi connectivity index (χ4n) is 6.32. The summed E-state index contributed by atoms with van der Waals surface area (Å²) in [6, 6.07) is 20.4. The number of methoxy groups -OCH3 is 1. The predicted octanol–water partition coefficient (Wildman–Crippen LogP) is 4.24. The number of nitrogens with zero attached hydrogens (tertiary/aromatic N) is 8. The van der Waals surface area contributed by atoms with E-state index in [1.165, 1.54) is 16.8 Å². The Morgan fingerprint density at radius 3 is 2.47 bits per heavy atom. The van der Waals surface area contributed by atoms with Crippen LogP contribution in [0.5, 0.6) is 5.75 Å². The molecule has 1 aliphatic rings. The smallest absolute Gasteiger partial charge is 0.225 e. The van der Waals surface area contributed by atoms with Crippen LogP contribution in [-0.4, -0.2) is 87.3 Å². The number of hydrogen-bond donors (Lipinski definition) is 1. The molecule has 0 saturated carbocycles. The van der Waals surface area contributed by atoms with Gasteiger partial charge in [0.05, 0.1) is 24.5 Å². The van der Waals surface area contributed by atoms with Gasteiger partial charge in [0.1, 0.15) is 17.9 Å². The van der Waals surface area contributed by atoms with E-state index >= 15 is 0 Å². The molecular formula is C33H37N9O3. The Kier molecular flexibility index (Phi) is 7.60. The molecule has 232 valence electrons. The summed E-state index contributed by atoms with van der Waals surface area (Å²) in [5.74, 6) is 2.10. The monoisotopic (exact) mass is 607 g/mol. The molecule has 12 nitrogen and oxygen atoms in total. The van der Waals surface area contributed by atoms with Crippen molar-refractivity contribution < 1.29 is 13.9 Å². The first kappa shape index (κ1) is 28.8. The van der Waals surface area contributed by atoms with E-state index in [0.29, 0.717) is 36.1 Å². The van der Waals surface area contributed by atoms with Crippen LogP contribution in [0.25, 0.3) is 28.3 Å². The third kappa shape index (κ3) is 5.36. The van der Waals surface area contributed by atoms with Crippen molar-refractivity contribution >= 4 is 28.3 Å². The van der Waals surface area contributed by atoms with Gasteiger partial charge in [-0.3, -0.25) is 4.90 Å². The Morgan fingerprint density at radius 2 is 1.73 bits per heavy atom. The lowest BCUT2D eigenvalue weighted by Gasteiger charge is -2.42. The lowest BCUT2D eigenvalue weighted by Crippen LogP contribution is -2.52. The van der Waals surface area contributed by atoms with E-state index in [4.69, 9.17) is 34.7 Å². The number of piperazine rings is 1. The summed E-state index contributed by atoms with van der Waals surface area (Å²) in [6.45, 7) is 9.87. The minimum atomic E-state index is -0.544. The van der Waals surface area contributed by atoms with Crippen LogP contribution in [0.15, 0.2) is 77.5 Å². The number of aromatic nitrogens is 6. The second-order valence-corrected chi connectivity index (χ2v) is 11.6. The molecule has 45 heavy (non-hydrogen) atoms. The van der Waals surface area contributed by atoms with Crippen LogP contribution >= 0.6 is 0 Å². The van der Waals surface area contributed by atoms with Crippen LogP contribution in [0, 0.1) is 6.92 Å². The van der Waals surface area contributed by atoms with E-state index in [1.807, 2.05) is 29.1 Å². The van der Waals surface area contributed by atoms with Gasteiger partial charge >= 0.3 is 0 Å². The van der Waals surface area contributed by atoms with Crippen molar-refractivity contribution in [2.24, 2.45) is 0 Å². The minimum absolute atomic E-state index is 0.236. The molecule has 0 bridgehead atoms. The third-order valence-corrected chi connectivity index (χ3v) is 8.63. The van der Waals surface area contributed by atoms with E-state index < -0.39 is 5.54 Å². The quantitative estimate of drug-likeness (QED) is 0.226. The Morgan fingerprint density at radius 1 is 0.933 bits per heavy atom. The van der Waals surface area contributed by atoms with Gasteiger partial charge in [-0.1, -0.05) is 24.3 Å². The normalized spacial score (nSPS) is 15.6. The second kappa shape index (κ2) is 11.9. The van der Waals surface area contributed by atoms with Crippen molar-refractivity contribution in [2.45, 2.75) is 19.4 Å². The largest absolute Gasteiger partial charge is 0.491 e. The summed E-state index contributed by atoms with van der Waals surface area (Å²) >= 11 is 0. The number of benzene rings is 2. The molecule has 5 heterocycles. The van der Waals surface area contributed by atoms with Gasteiger partial charge in [0, 0.05) is 45.5 Å². The summed E-state index contributed by atoms with van der Waals surface area (Å²) in [7, 11) is 1.68. The number of fused-ring (bicyclic) bond motifs is 3. The van der Waals surface area contributed by atoms with Gasteiger partial charge in [-0.2, -0.15) is 14.6 Å². The van der Waals surface area contributed by atoms with Crippen LogP contribution in [0.3, 0.4) is 0 Å². The molecule has 0 aliphatic carbocycles. The van der Waals surface area contributed by atoms with E-state index in [0.717, 1.165) is 43.9 Å². The first-order chi connectivity index (χ1) is 21.9. The topological polar surface area (TPSA) is 125 Å². The number of rotatable bonds is 10. The maximum Gasteiger partial charge on any atom is 0.225 e. The highest BCUT2D eigenvalue weighted by Gasteiger charge is 2.36. The fraction of sp³-hybridized carbons (Fsp3) is 0.333. The maximum atomic E-state index is 6.47. The van der Waals surface area contributed by atoms with Gasteiger partial charge in [-0.05, 0) is 61.4 Å². The number of hydrogen-bond acceptors (Lipinski definition) is 10. The zero-order valence-corrected chi connectivity index (χ0v) is 25.8. The van der Waals surface area contributed by atoms with Crippen molar-refractivity contribution in [2.75, 3.05) is 63.7 Å². The molecule has 12 heteroatoms. The Bertz CT molecular complexity index is 1910. The third-order valence-electron chi connectivity index (χ3n) is 8.63. The number of ether oxygens (including phenoxy) is 2. The highest BCUT2D eigenvalue weighted by atomic mass is 16.5. The highest BCUT2D eigenvalue weighted by Crippen LogP contribution is 2.34. The van der Waals surface area contributed by atoms with Crippen LogP contribution in [-0.2, 0) is 10.3 Å². The van der Waals surface area contributed by atoms with E-state index in [9.17, 15) is 0 Å². The van der Waals surface area contributed by atoms with Crippen molar-refractivity contribution in [1.82, 2.24) is 34.3 Å². The Labute approximate surface area is 261 Å². The molecule has 0 radical (unpaired) electrons.